The molecular formula is C16H21ClN2O2. The first-order valence-corrected chi connectivity index (χ1v) is 7.78. The van der Waals surface area contributed by atoms with Gasteiger partial charge in [0.25, 0.3) is 0 Å². The van der Waals surface area contributed by atoms with E-state index in [4.69, 9.17) is 11.6 Å². The quantitative estimate of drug-likeness (QED) is 0.929. The minimum Gasteiger partial charge on any atom is -0.344 e. The van der Waals surface area contributed by atoms with Crippen molar-refractivity contribution in [2.75, 3.05) is 11.4 Å². The largest absolute Gasteiger partial charge is 0.344 e. The molecule has 0 aliphatic carbocycles. The average molecular weight is 309 g/mol. The van der Waals surface area contributed by atoms with E-state index in [1.165, 1.54) is 0 Å². The second kappa shape index (κ2) is 6.94. The van der Waals surface area contributed by atoms with E-state index in [1.54, 1.807) is 11.0 Å². The van der Waals surface area contributed by atoms with Crippen molar-refractivity contribution >= 4 is 29.1 Å². The summed E-state index contributed by atoms with van der Waals surface area (Å²) in [7, 11) is 0. The van der Waals surface area contributed by atoms with Crippen molar-refractivity contribution in [1.82, 2.24) is 5.32 Å². The van der Waals surface area contributed by atoms with E-state index in [9.17, 15) is 9.59 Å². The molecule has 1 aromatic rings. The first-order valence-electron chi connectivity index (χ1n) is 7.41. The maximum Gasteiger partial charge on any atom is 0.249 e. The third-order valence-corrected chi connectivity index (χ3v) is 4.28. The summed E-state index contributed by atoms with van der Waals surface area (Å²) in [6.07, 6.45) is 2.30. The van der Waals surface area contributed by atoms with Crippen LogP contribution >= 0.6 is 11.6 Å². The minimum absolute atomic E-state index is 0.0585. The molecule has 2 rings (SSSR count). The highest BCUT2D eigenvalue weighted by Gasteiger charge is 2.32. The molecule has 4 nitrogen and oxygen atoms in total. The number of nitrogens with zero attached hydrogens (tertiary/aromatic N) is 1. The number of nitrogens with one attached hydrogen (secondary N) is 1. The van der Waals surface area contributed by atoms with Gasteiger partial charge >= 0.3 is 0 Å². The van der Waals surface area contributed by atoms with Gasteiger partial charge in [0.1, 0.15) is 6.04 Å². The smallest absolute Gasteiger partial charge is 0.249 e. The van der Waals surface area contributed by atoms with Crippen LogP contribution in [0.25, 0.3) is 0 Å². The zero-order valence-electron chi connectivity index (χ0n) is 12.4. The van der Waals surface area contributed by atoms with Crippen molar-refractivity contribution in [3.05, 3.63) is 29.3 Å². The Kier molecular flexibility index (Phi) is 5.23. The molecular weight excluding hydrogens is 288 g/mol. The molecule has 1 heterocycles. The van der Waals surface area contributed by atoms with E-state index >= 15 is 0 Å². The number of piperidine rings is 1. The van der Waals surface area contributed by atoms with Gasteiger partial charge in [-0.15, -0.1) is 0 Å². The van der Waals surface area contributed by atoms with Gasteiger partial charge in [-0.05, 0) is 31.4 Å². The Hall–Kier alpha value is -1.55. The van der Waals surface area contributed by atoms with Crippen molar-refractivity contribution in [2.45, 2.75) is 39.2 Å². The Morgan fingerprint density at radius 3 is 2.86 bits per heavy atom. The summed E-state index contributed by atoms with van der Waals surface area (Å²) in [6, 6.07) is 6.85. The monoisotopic (exact) mass is 308 g/mol. The molecule has 1 fully saturated rings. The lowest BCUT2D eigenvalue weighted by molar-refractivity contribution is -0.130. The van der Waals surface area contributed by atoms with Gasteiger partial charge in [0, 0.05) is 12.5 Å². The molecule has 2 atom stereocenters. The average Bonchev–Trinajstić information content (AvgIpc) is 2.49. The number of halogens is 1. The van der Waals surface area contributed by atoms with Gasteiger partial charge in [0.05, 0.1) is 10.7 Å². The van der Waals surface area contributed by atoms with Crippen LogP contribution in [-0.4, -0.2) is 24.4 Å². The maximum absolute atomic E-state index is 12.6. The van der Waals surface area contributed by atoms with E-state index in [1.807, 2.05) is 32.0 Å². The Labute approximate surface area is 130 Å². The van der Waals surface area contributed by atoms with Gasteiger partial charge < -0.3 is 10.2 Å². The van der Waals surface area contributed by atoms with Crippen molar-refractivity contribution in [3.8, 4) is 0 Å². The van der Waals surface area contributed by atoms with E-state index in [0.717, 1.165) is 12.8 Å². The van der Waals surface area contributed by atoms with E-state index in [0.29, 0.717) is 23.7 Å². The number of anilines is 1. The number of para-hydroxylation sites is 1. The van der Waals surface area contributed by atoms with Crippen LogP contribution < -0.4 is 10.2 Å². The van der Waals surface area contributed by atoms with Gasteiger partial charge in [-0.2, -0.15) is 0 Å². The second-order valence-corrected chi connectivity index (χ2v) is 5.86. The molecule has 1 aliphatic heterocycles. The summed E-state index contributed by atoms with van der Waals surface area (Å²) >= 11 is 6.17. The van der Waals surface area contributed by atoms with E-state index < -0.39 is 6.04 Å². The molecule has 0 radical (unpaired) electrons. The second-order valence-electron chi connectivity index (χ2n) is 5.45. The van der Waals surface area contributed by atoms with Crippen molar-refractivity contribution in [1.29, 1.82) is 0 Å². The molecule has 114 valence electrons. The Morgan fingerprint density at radius 2 is 2.19 bits per heavy atom. The van der Waals surface area contributed by atoms with Crippen LogP contribution in [0.3, 0.4) is 0 Å². The third-order valence-electron chi connectivity index (χ3n) is 3.96. The van der Waals surface area contributed by atoms with Crippen LogP contribution in [0.15, 0.2) is 24.3 Å². The predicted octanol–water partition coefficient (Wildman–Crippen LogP) is 3.00. The van der Waals surface area contributed by atoms with Crippen LogP contribution in [0.5, 0.6) is 0 Å². The number of carbonyl (C=O) groups is 2. The standard InChI is InChI=1S/C16H21ClN2O2/c1-3-11(2)15(20)18-13-8-6-10-19(16(13)21)14-9-5-4-7-12(14)17/h4-5,7,9,11,13H,3,6,8,10H2,1-2H3,(H,18,20)/t11-,13+/m1/s1. The Bertz CT molecular complexity index is 533. The molecule has 0 bridgehead atoms. The molecule has 5 heteroatoms. The van der Waals surface area contributed by atoms with Crippen LogP contribution in [0, 0.1) is 5.92 Å². The zero-order valence-corrected chi connectivity index (χ0v) is 13.2. The number of hydrogen-bond donors (Lipinski definition) is 1. The highest BCUT2D eigenvalue weighted by Crippen LogP contribution is 2.28. The summed E-state index contributed by atoms with van der Waals surface area (Å²) in [4.78, 5) is 26.2. The topological polar surface area (TPSA) is 49.4 Å². The molecule has 1 saturated heterocycles. The molecule has 0 spiro atoms. The van der Waals surface area contributed by atoms with Gasteiger partial charge in [-0.1, -0.05) is 37.6 Å². The third kappa shape index (κ3) is 3.56. The highest BCUT2D eigenvalue weighted by molar-refractivity contribution is 6.33. The number of carbonyl (C=O) groups excluding carboxylic acids is 2. The number of rotatable bonds is 4. The summed E-state index contributed by atoms with van der Waals surface area (Å²) in [5, 5.41) is 3.42. The van der Waals surface area contributed by atoms with Crippen LogP contribution in [0.1, 0.15) is 33.1 Å². The van der Waals surface area contributed by atoms with Crippen LogP contribution in [0.4, 0.5) is 5.69 Å². The number of amides is 2. The van der Waals surface area contributed by atoms with Gasteiger partial charge in [-0.3, -0.25) is 9.59 Å². The predicted molar refractivity (Wildman–Crippen MR) is 84.4 cm³/mol. The van der Waals surface area contributed by atoms with Gasteiger partial charge in [0.2, 0.25) is 11.8 Å². The first kappa shape index (κ1) is 15.8. The lowest BCUT2D eigenvalue weighted by Gasteiger charge is -2.33. The van der Waals surface area contributed by atoms with Crippen LogP contribution in [-0.2, 0) is 9.59 Å². The van der Waals surface area contributed by atoms with Gasteiger partial charge in [0.15, 0.2) is 0 Å². The lowest BCUT2D eigenvalue weighted by atomic mass is 10.0. The molecule has 0 saturated carbocycles. The molecule has 1 aliphatic rings. The summed E-state index contributed by atoms with van der Waals surface area (Å²) in [6.45, 7) is 4.47. The summed E-state index contributed by atoms with van der Waals surface area (Å²) in [5.41, 5.74) is 0.714. The minimum atomic E-state index is -0.448. The SMILES string of the molecule is CC[C@@H](C)C(=O)N[C@H]1CCCN(c2ccccc2Cl)C1=O. The fraction of sp³-hybridized carbons (Fsp3) is 0.500. The molecule has 2 amide bonds. The Balaban J connectivity index is 2.12. The van der Waals surface area contributed by atoms with Crippen LogP contribution in [0.2, 0.25) is 5.02 Å². The van der Waals surface area contributed by atoms with Crippen molar-refractivity contribution < 1.29 is 9.59 Å². The first-order chi connectivity index (χ1) is 10.0. The van der Waals surface area contributed by atoms with Crippen molar-refractivity contribution in [3.63, 3.8) is 0 Å². The van der Waals surface area contributed by atoms with Crippen molar-refractivity contribution in [2.24, 2.45) is 5.92 Å². The maximum atomic E-state index is 12.6. The van der Waals surface area contributed by atoms with E-state index in [2.05, 4.69) is 5.32 Å². The molecule has 0 unspecified atom stereocenters. The molecule has 1 N–H and O–H groups in total. The zero-order chi connectivity index (χ0) is 15.4. The summed E-state index contributed by atoms with van der Waals surface area (Å²) in [5.74, 6) is -0.212. The fourth-order valence-electron chi connectivity index (χ4n) is 2.42. The fourth-order valence-corrected chi connectivity index (χ4v) is 2.66. The normalized spacial score (nSPS) is 20.2. The molecule has 1 aromatic carbocycles. The lowest BCUT2D eigenvalue weighted by Crippen LogP contribution is -2.53. The highest BCUT2D eigenvalue weighted by atomic mass is 35.5. The van der Waals surface area contributed by atoms with Gasteiger partial charge in [-0.25, -0.2) is 0 Å². The van der Waals surface area contributed by atoms with E-state index in [-0.39, 0.29) is 17.7 Å². The molecule has 0 aromatic heterocycles. The Morgan fingerprint density at radius 1 is 1.48 bits per heavy atom. The number of hydrogen-bond acceptors (Lipinski definition) is 2. The molecule has 21 heavy (non-hydrogen) atoms. The summed E-state index contributed by atoms with van der Waals surface area (Å²) < 4.78 is 0. The number of benzene rings is 1.